The minimum atomic E-state index is 0.0907. The normalized spacial score (nSPS) is 11.8. The topological polar surface area (TPSA) is 45.0 Å². The van der Waals surface area contributed by atoms with Crippen molar-refractivity contribution in [3.8, 4) is 11.8 Å². The highest BCUT2D eigenvalue weighted by Gasteiger charge is 2.08. The van der Waals surface area contributed by atoms with Gasteiger partial charge in [0.1, 0.15) is 11.8 Å². The lowest BCUT2D eigenvalue weighted by Gasteiger charge is -2.14. The zero-order valence-corrected chi connectivity index (χ0v) is 8.45. The van der Waals surface area contributed by atoms with Crippen LogP contribution in [0.4, 0.5) is 0 Å². The lowest BCUT2D eigenvalue weighted by Crippen LogP contribution is -2.13. The van der Waals surface area contributed by atoms with Gasteiger partial charge in [-0.05, 0) is 20.0 Å². The highest BCUT2D eigenvalue weighted by atomic mass is 16.5. The van der Waals surface area contributed by atoms with Gasteiger partial charge in [0.05, 0.1) is 0 Å². The van der Waals surface area contributed by atoms with Crippen molar-refractivity contribution in [2.45, 2.75) is 13.0 Å². The van der Waals surface area contributed by atoms with Gasteiger partial charge in [-0.2, -0.15) is 5.26 Å². The molecule has 0 bridgehead atoms. The Morgan fingerprint density at radius 3 is 2.86 bits per heavy atom. The summed E-state index contributed by atoms with van der Waals surface area (Å²) >= 11 is 0. The molecule has 0 radical (unpaired) electrons. The Kier molecular flexibility index (Phi) is 3.96. The molecule has 3 nitrogen and oxygen atoms in total. The smallest absolute Gasteiger partial charge is 0.174 e. The van der Waals surface area contributed by atoms with Crippen LogP contribution in [0.3, 0.4) is 0 Å². The van der Waals surface area contributed by atoms with E-state index in [0.29, 0.717) is 0 Å². The average Bonchev–Trinajstić information content (AvgIpc) is 2.25. The summed E-state index contributed by atoms with van der Waals surface area (Å²) in [5.74, 6) is 0.774. The summed E-state index contributed by atoms with van der Waals surface area (Å²) in [4.78, 5) is 0. The number of nitrogens with zero attached hydrogens (tertiary/aromatic N) is 1. The fourth-order valence-corrected chi connectivity index (χ4v) is 1.24. The van der Waals surface area contributed by atoms with Gasteiger partial charge in [0, 0.05) is 11.6 Å². The fourth-order valence-electron chi connectivity index (χ4n) is 1.24. The van der Waals surface area contributed by atoms with Crippen LogP contribution in [-0.2, 0) is 0 Å². The highest BCUT2D eigenvalue weighted by molar-refractivity contribution is 5.35. The van der Waals surface area contributed by atoms with Crippen LogP contribution in [0.15, 0.2) is 24.3 Å². The van der Waals surface area contributed by atoms with Gasteiger partial charge in [0.15, 0.2) is 6.61 Å². The summed E-state index contributed by atoms with van der Waals surface area (Å²) in [5, 5.41) is 11.6. The van der Waals surface area contributed by atoms with Gasteiger partial charge in [-0.3, -0.25) is 0 Å². The van der Waals surface area contributed by atoms with E-state index < -0.39 is 0 Å². The van der Waals surface area contributed by atoms with Crippen LogP contribution in [0.2, 0.25) is 0 Å². The third kappa shape index (κ3) is 2.48. The molecule has 1 rings (SSSR count). The summed E-state index contributed by atoms with van der Waals surface area (Å²) < 4.78 is 5.31. The summed E-state index contributed by atoms with van der Waals surface area (Å²) in [6.07, 6.45) is 0. The predicted molar refractivity (Wildman–Crippen MR) is 55.0 cm³/mol. The Labute approximate surface area is 84.3 Å². The standard InChI is InChI=1S/C11H14N2O/c1-9(13-2)10-5-3-4-6-11(10)14-8-7-12/h3-6,9,13H,8H2,1-2H3. The molecular weight excluding hydrogens is 176 g/mol. The minimum absolute atomic E-state index is 0.0907. The molecule has 0 amide bonds. The molecule has 0 fully saturated rings. The van der Waals surface area contributed by atoms with Gasteiger partial charge < -0.3 is 10.1 Å². The molecule has 1 aromatic rings. The molecule has 1 aromatic carbocycles. The van der Waals surface area contributed by atoms with Crippen LogP contribution >= 0.6 is 0 Å². The SMILES string of the molecule is CNC(C)c1ccccc1OCC#N. The van der Waals surface area contributed by atoms with E-state index in [1.54, 1.807) is 0 Å². The molecule has 0 spiro atoms. The van der Waals surface area contributed by atoms with Gasteiger partial charge in [0.2, 0.25) is 0 Å². The first-order valence-corrected chi connectivity index (χ1v) is 4.55. The first-order chi connectivity index (χ1) is 6.79. The maximum Gasteiger partial charge on any atom is 0.174 e. The molecule has 1 atom stereocenters. The third-order valence-electron chi connectivity index (χ3n) is 2.11. The number of nitrogens with one attached hydrogen (secondary N) is 1. The Hall–Kier alpha value is -1.53. The van der Waals surface area contributed by atoms with E-state index >= 15 is 0 Å². The number of rotatable bonds is 4. The second-order valence-corrected chi connectivity index (χ2v) is 2.99. The van der Waals surface area contributed by atoms with Crippen molar-refractivity contribution in [1.29, 1.82) is 5.26 Å². The second-order valence-electron chi connectivity index (χ2n) is 2.99. The molecule has 0 aliphatic heterocycles. The van der Waals surface area contributed by atoms with Crippen molar-refractivity contribution in [2.75, 3.05) is 13.7 Å². The number of hydrogen-bond acceptors (Lipinski definition) is 3. The first kappa shape index (κ1) is 10.6. The zero-order chi connectivity index (χ0) is 10.4. The van der Waals surface area contributed by atoms with Gasteiger partial charge in [0.25, 0.3) is 0 Å². The minimum Gasteiger partial charge on any atom is -0.478 e. The second kappa shape index (κ2) is 5.25. The molecule has 0 aliphatic carbocycles. The number of ether oxygens (including phenoxy) is 1. The van der Waals surface area contributed by atoms with Crippen molar-refractivity contribution in [1.82, 2.24) is 5.32 Å². The van der Waals surface area contributed by atoms with E-state index in [2.05, 4.69) is 12.2 Å². The number of para-hydroxylation sites is 1. The third-order valence-corrected chi connectivity index (χ3v) is 2.11. The lowest BCUT2D eigenvalue weighted by molar-refractivity contribution is 0.360. The molecule has 14 heavy (non-hydrogen) atoms. The molecule has 1 N–H and O–H groups in total. The highest BCUT2D eigenvalue weighted by Crippen LogP contribution is 2.24. The Bertz CT molecular complexity index is 330. The van der Waals surface area contributed by atoms with E-state index in [1.165, 1.54) is 0 Å². The van der Waals surface area contributed by atoms with Crippen molar-refractivity contribution in [3.63, 3.8) is 0 Å². The van der Waals surface area contributed by atoms with Crippen LogP contribution in [0.1, 0.15) is 18.5 Å². The Balaban J connectivity index is 2.86. The van der Waals surface area contributed by atoms with Gasteiger partial charge in [-0.15, -0.1) is 0 Å². The fraction of sp³-hybridized carbons (Fsp3) is 0.364. The number of hydrogen-bond donors (Lipinski definition) is 1. The van der Waals surface area contributed by atoms with Crippen LogP contribution in [0, 0.1) is 11.3 Å². The zero-order valence-electron chi connectivity index (χ0n) is 8.45. The monoisotopic (exact) mass is 190 g/mol. The van der Waals surface area contributed by atoms with Crippen LogP contribution in [-0.4, -0.2) is 13.7 Å². The molecule has 0 saturated carbocycles. The Morgan fingerprint density at radius 1 is 1.50 bits per heavy atom. The Morgan fingerprint density at radius 2 is 2.21 bits per heavy atom. The maximum atomic E-state index is 8.42. The molecular formula is C11H14N2O. The van der Waals surface area contributed by atoms with Gasteiger partial charge in [-0.25, -0.2) is 0 Å². The molecule has 0 aromatic heterocycles. The van der Waals surface area contributed by atoms with Crippen molar-refractivity contribution < 1.29 is 4.74 Å². The summed E-state index contributed by atoms with van der Waals surface area (Å²) in [7, 11) is 1.89. The van der Waals surface area contributed by atoms with E-state index in [4.69, 9.17) is 10.00 Å². The maximum absolute atomic E-state index is 8.42. The molecule has 3 heteroatoms. The molecule has 0 saturated heterocycles. The van der Waals surface area contributed by atoms with E-state index in [0.717, 1.165) is 11.3 Å². The van der Waals surface area contributed by atoms with Gasteiger partial charge >= 0.3 is 0 Å². The van der Waals surface area contributed by atoms with Gasteiger partial charge in [-0.1, -0.05) is 18.2 Å². The molecule has 0 heterocycles. The predicted octanol–water partition coefficient (Wildman–Crippen LogP) is 1.87. The number of nitriles is 1. The van der Waals surface area contributed by atoms with Crippen LogP contribution < -0.4 is 10.1 Å². The van der Waals surface area contributed by atoms with Crippen molar-refractivity contribution in [2.24, 2.45) is 0 Å². The summed E-state index contributed by atoms with van der Waals surface area (Å²) in [5.41, 5.74) is 1.07. The molecule has 1 unspecified atom stereocenters. The first-order valence-electron chi connectivity index (χ1n) is 4.55. The molecule has 74 valence electrons. The van der Waals surface area contributed by atoms with E-state index in [9.17, 15) is 0 Å². The van der Waals surface area contributed by atoms with Crippen molar-refractivity contribution in [3.05, 3.63) is 29.8 Å². The van der Waals surface area contributed by atoms with E-state index in [1.807, 2.05) is 37.4 Å². The van der Waals surface area contributed by atoms with Crippen molar-refractivity contribution >= 4 is 0 Å². The summed E-state index contributed by atoms with van der Waals surface area (Å²) in [6.45, 7) is 2.14. The summed E-state index contributed by atoms with van der Waals surface area (Å²) in [6, 6.07) is 9.92. The number of benzene rings is 1. The lowest BCUT2D eigenvalue weighted by atomic mass is 10.1. The van der Waals surface area contributed by atoms with E-state index in [-0.39, 0.29) is 12.6 Å². The average molecular weight is 190 g/mol. The van der Waals surface area contributed by atoms with Crippen LogP contribution in [0.5, 0.6) is 5.75 Å². The quantitative estimate of drug-likeness (QED) is 0.788. The largest absolute Gasteiger partial charge is 0.478 e. The molecule has 0 aliphatic rings. The van der Waals surface area contributed by atoms with Crippen LogP contribution in [0.25, 0.3) is 0 Å².